The van der Waals surface area contributed by atoms with E-state index < -0.39 is 0 Å². The molecule has 27 heavy (non-hydrogen) atoms. The molecule has 0 aliphatic carbocycles. The highest BCUT2D eigenvalue weighted by molar-refractivity contribution is 5.93. The van der Waals surface area contributed by atoms with Gasteiger partial charge in [0, 0.05) is 37.9 Å². The molecule has 0 saturated carbocycles. The maximum atomic E-state index is 13.1. The number of carbonyl (C=O) groups is 1. The van der Waals surface area contributed by atoms with Gasteiger partial charge in [0.2, 0.25) is 5.91 Å². The molecule has 0 aromatic heterocycles. The van der Waals surface area contributed by atoms with E-state index in [-0.39, 0.29) is 17.8 Å². The number of benzene rings is 2. The molecule has 1 amide bonds. The molecule has 1 atom stereocenters. The molecular weight excluding hydrogens is 341 g/mol. The van der Waals surface area contributed by atoms with Crippen molar-refractivity contribution in [2.75, 3.05) is 38.0 Å². The van der Waals surface area contributed by atoms with E-state index in [1.54, 1.807) is 0 Å². The lowest BCUT2D eigenvalue weighted by atomic mass is 10.1. The van der Waals surface area contributed by atoms with E-state index in [9.17, 15) is 9.18 Å². The highest BCUT2D eigenvalue weighted by Gasteiger charge is 2.23. The molecule has 4 nitrogen and oxygen atoms in total. The Balaban J connectivity index is 1.50. The third kappa shape index (κ3) is 4.93. The number of nitrogens with one attached hydrogen (secondary N) is 1. The number of anilines is 1. The summed E-state index contributed by atoms with van der Waals surface area (Å²) in [6.45, 7) is 10.1. The number of halogens is 1. The van der Waals surface area contributed by atoms with Gasteiger partial charge in [0.1, 0.15) is 5.82 Å². The van der Waals surface area contributed by atoms with E-state index in [1.165, 1.54) is 12.1 Å². The summed E-state index contributed by atoms with van der Waals surface area (Å²) in [6, 6.07) is 13.0. The van der Waals surface area contributed by atoms with Crippen LogP contribution in [0.4, 0.5) is 10.1 Å². The van der Waals surface area contributed by atoms with Gasteiger partial charge < -0.3 is 5.32 Å². The van der Waals surface area contributed by atoms with E-state index in [4.69, 9.17) is 0 Å². The minimum atomic E-state index is -0.203. The predicted octanol–water partition coefficient (Wildman–Crippen LogP) is 3.76. The molecule has 0 spiro atoms. The van der Waals surface area contributed by atoms with Crippen molar-refractivity contribution in [3.63, 3.8) is 0 Å². The van der Waals surface area contributed by atoms with Crippen molar-refractivity contribution in [3.05, 3.63) is 65.0 Å². The predicted molar refractivity (Wildman–Crippen MR) is 107 cm³/mol. The summed E-state index contributed by atoms with van der Waals surface area (Å²) < 4.78 is 13.1. The van der Waals surface area contributed by atoms with Gasteiger partial charge in [-0.25, -0.2) is 4.39 Å². The summed E-state index contributed by atoms with van der Waals surface area (Å²) in [7, 11) is 0. The first-order valence-electron chi connectivity index (χ1n) is 9.52. The molecule has 1 aliphatic rings. The van der Waals surface area contributed by atoms with Crippen molar-refractivity contribution in [3.8, 4) is 0 Å². The molecule has 1 heterocycles. The molecule has 1 saturated heterocycles. The minimum Gasteiger partial charge on any atom is -0.324 e. The van der Waals surface area contributed by atoms with E-state index in [2.05, 4.69) is 22.0 Å². The standard InChI is InChI=1S/C22H28FN3O/c1-16-5-4-6-17(2)22(16)24-21(27)15-25-11-13-26(14-12-25)18(3)19-7-9-20(23)10-8-19/h4-10,18H,11-15H2,1-3H3,(H,24,27)/t18-/m1/s1. The van der Waals surface area contributed by atoms with Gasteiger partial charge in [0.05, 0.1) is 6.54 Å². The normalized spacial score (nSPS) is 16.9. The van der Waals surface area contributed by atoms with Crippen LogP contribution >= 0.6 is 0 Å². The first kappa shape index (κ1) is 19.5. The number of nitrogens with zero attached hydrogens (tertiary/aromatic N) is 2. The smallest absolute Gasteiger partial charge is 0.238 e. The second kappa shape index (κ2) is 8.63. The molecule has 1 aliphatic heterocycles. The molecular formula is C22H28FN3O. The maximum absolute atomic E-state index is 13.1. The van der Waals surface area contributed by atoms with Crippen molar-refractivity contribution >= 4 is 11.6 Å². The number of hydrogen-bond acceptors (Lipinski definition) is 3. The van der Waals surface area contributed by atoms with Crippen LogP contribution in [0.5, 0.6) is 0 Å². The van der Waals surface area contributed by atoms with Crippen LogP contribution in [0.15, 0.2) is 42.5 Å². The third-order valence-electron chi connectivity index (χ3n) is 5.42. The molecule has 2 aromatic rings. The second-order valence-electron chi connectivity index (χ2n) is 7.35. The molecule has 2 aromatic carbocycles. The molecule has 1 fully saturated rings. The van der Waals surface area contributed by atoms with Crippen LogP contribution in [0.2, 0.25) is 0 Å². The van der Waals surface area contributed by atoms with Crippen LogP contribution in [0, 0.1) is 19.7 Å². The molecule has 1 N–H and O–H groups in total. The van der Waals surface area contributed by atoms with Crippen LogP contribution in [-0.4, -0.2) is 48.4 Å². The second-order valence-corrected chi connectivity index (χ2v) is 7.35. The van der Waals surface area contributed by atoms with Gasteiger partial charge >= 0.3 is 0 Å². The molecule has 5 heteroatoms. The number of piperazine rings is 1. The van der Waals surface area contributed by atoms with Crippen LogP contribution in [-0.2, 0) is 4.79 Å². The maximum Gasteiger partial charge on any atom is 0.238 e. The van der Waals surface area contributed by atoms with E-state index in [0.29, 0.717) is 6.54 Å². The summed E-state index contributed by atoms with van der Waals surface area (Å²) in [5, 5.41) is 3.06. The Hall–Kier alpha value is -2.24. The molecule has 0 radical (unpaired) electrons. The molecule has 3 rings (SSSR count). The van der Waals surface area contributed by atoms with Crippen molar-refractivity contribution in [1.82, 2.24) is 9.80 Å². The fraction of sp³-hybridized carbons (Fsp3) is 0.409. The monoisotopic (exact) mass is 369 g/mol. The number of amides is 1. The van der Waals surface area contributed by atoms with Crippen LogP contribution < -0.4 is 5.32 Å². The van der Waals surface area contributed by atoms with Gasteiger partial charge in [0.15, 0.2) is 0 Å². The Kier molecular flexibility index (Phi) is 6.24. The third-order valence-corrected chi connectivity index (χ3v) is 5.42. The van der Waals surface area contributed by atoms with Gasteiger partial charge in [-0.1, -0.05) is 30.3 Å². The van der Waals surface area contributed by atoms with Crippen molar-refractivity contribution < 1.29 is 9.18 Å². The first-order valence-corrected chi connectivity index (χ1v) is 9.52. The zero-order valence-corrected chi connectivity index (χ0v) is 16.3. The first-order chi connectivity index (χ1) is 12.9. The topological polar surface area (TPSA) is 35.6 Å². The van der Waals surface area contributed by atoms with Gasteiger partial charge in [-0.15, -0.1) is 0 Å². The summed E-state index contributed by atoms with van der Waals surface area (Å²) in [5.74, 6) is -0.168. The Morgan fingerprint density at radius 2 is 1.63 bits per heavy atom. The summed E-state index contributed by atoms with van der Waals surface area (Å²) >= 11 is 0. The SMILES string of the molecule is Cc1cccc(C)c1NC(=O)CN1CCN([C@H](C)c2ccc(F)cc2)CC1. The van der Waals surface area contributed by atoms with Gasteiger partial charge in [-0.2, -0.15) is 0 Å². The summed E-state index contributed by atoms with van der Waals surface area (Å²) in [6.07, 6.45) is 0. The Labute approximate surface area is 161 Å². The fourth-order valence-corrected chi connectivity index (χ4v) is 3.65. The number of aryl methyl sites for hydroxylation is 2. The van der Waals surface area contributed by atoms with Crippen molar-refractivity contribution in [1.29, 1.82) is 0 Å². The Morgan fingerprint density at radius 3 is 2.22 bits per heavy atom. The largest absolute Gasteiger partial charge is 0.324 e. The quantitative estimate of drug-likeness (QED) is 0.872. The van der Waals surface area contributed by atoms with Crippen LogP contribution in [0.3, 0.4) is 0 Å². The Morgan fingerprint density at radius 1 is 1.04 bits per heavy atom. The number of carbonyl (C=O) groups excluding carboxylic acids is 1. The van der Waals surface area contributed by atoms with E-state index in [1.807, 2.05) is 44.2 Å². The lowest BCUT2D eigenvalue weighted by Gasteiger charge is -2.38. The van der Waals surface area contributed by atoms with Crippen molar-refractivity contribution in [2.45, 2.75) is 26.8 Å². The number of hydrogen-bond donors (Lipinski definition) is 1. The van der Waals surface area contributed by atoms with Crippen molar-refractivity contribution in [2.24, 2.45) is 0 Å². The number of rotatable bonds is 5. The Bertz CT molecular complexity index is 762. The summed E-state index contributed by atoms with van der Waals surface area (Å²) in [5.41, 5.74) is 4.21. The average molecular weight is 369 g/mol. The summed E-state index contributed by atoms with van der Waals surface area (Å²) in [4.78, 5) is 17.0. The molecule has 0 bridgehead atoms. The van der Waals surface area contributed by atoms with Crippen LogP contribution in [0.1, 0.15) is 29.7 Å². The lowest BCUT2D eigenvalue weighted by Crippen LogP contribution is -2.49. The number of para-hydroxylation sites is 1. The zero-order chi connectivity index (χ0) is 19.4. The highest BCUT2D eigenvalue weighted by Crippen LogP contribution is 2.22. The van der Waals surface area contributed by atoms with E-state index in [0.717, 1.165) is 48.6 Å². The van der Waals surface area contributed by atoms with Gasteiger partial charge in [-0.05, 0) is 49.6 Å². The highest BCUT2D eigenvalue weighted by atomic mass is 19.1. The fourth-order valence-electron chi connectivity index (χ4n) is 3.65. The van der Waals surface area contributed by atoms with Gasteiger partial charge in [-0.3, -0.25) is 14.6 Å². The minimum absolute atomic E-state index is 0.0347. The average Bonchev–Trinajstić information content (AvgIpc) is 2.65. The molecule has 144 valence electrons. The lowest BCUT2D eigenvalue weighted by molar-refractivity contribution is -0.117. The molecule has 0 unspecified atom stereocenters. The zero-order valence-electron chi connectivity index (χ0n) is 16.3. The van der Waals surface area contributed by atoms with E-state index >= 15 is 0 Å². The van der Waals surface area contributed by atoms with Gasteiger partial charge in [0.25, 0.3) is 0 Å². The van der Waals surface area contributed by atoms with Crippen LogP contribution in [0.25, 0.3) is 0 Å².